The highest BCUT2D eigenvalue weighted by Crippen LogP contribution is 2.29. The molecule has 1 fully saturated rings. The number of methoxy groups -OCH3 is 1. The van der Waals surface area contributed by atoms with E-state index in [1.165, 1.54) is 12.1 Å². The molecule has 3 aromatic rings. The monoisotopic (exact) mass is 448 g/mol. The Hall–Kier alpha value is -3.77. The predicted molar refractivity (Wildman–Crippen MR) is 124 cm³/mol. The second-order valence-corrected chi connectivity index (χ2v) is 7.72. The molecule has 4 rings (SSSR count). The van der Waals surface area contributed by atoms with Crippen LogP contribution in [0, 0.1) is 17.1 Å². The van der Waals surface area contributed by atoms with Crippen LogP contribution in [0.2, 0.25) is 0 Å². The number of nitrogens with zero attached hydrogens (tertiary/aromatic N) is 5. The summed E-state index contributed by atoms with van der Waals surface area (Å²) in [5.74, 6) is -1.24. The lowest BCUT2D eigenvalue weighted by Crippen LogP contribution is -2.47. The molecule has 1 N–H and O–H groups in total. The lowest BCUT2D eigenvalue weighted by Gasteiger charge is -2.37. The van der Waals surface area contributed by atoms with Crippen molar-refractivity contribution in [3.8, 4) is 6.07 Å². The quantitative estimate of drug-likeness (QED) is 0.555. The van der Waals surface area contributed by atoms with Gasteiger partial charge in [-0.05, 0) is 36.4 Å². The fourth-order valence-corrected chi connectivity index (χ4v) is 3.88. The average molecular weight is 449 g/mol. The van der Waals surface area contributed by atoms with E-state index >= 15 is 0 Å². The number of halogens is 1. The number of nitriles is 1. The average Bonchev–Trinajstić information content (AvgIpc) is 2.85. The fraction of sp³-hybridized carbons (Fsp3) is 0.333. The number of para-hydroxylation sites is 2. The molecule has 8 nitrogen and oxygen atoms in total. The number of hydrogen-bond acceptors (Lipinski definition) is 7. The van der Waals surface area contributed by atoms with Gasteiger partial charge in [-0.3, -0.25) is 4.79 Å². The molecule has 33 heavy (non-hydrogen) atoms. The minimum atomic E-state index is -1.09. The Morgan fingerprint density at radius 1 is 1.09 bits per heavy atom. The number of hydrogen-bond donors (Lipinski definition) is 1. The molecule has 0 unspecified atom stereocenters. The van der Waals surface area contributed by atoms with Gasteiger partial charge in [0.2, 0.25) is 5.91 Å². The highest BCUT2D eigenvalue weighted by Gasteiger charge is 2.30. The molecule has 0 aliphatic carbocycles. The normalized spacial score (nSPS) is 14.7. The van der Waals surface area contributed by atoms with Gasteiger partial charge in [0.1, 0.15) is 11.5 Å². The van der Waals surface area contributed by atoms with Crippen LogP contribution >= 0.6 is 0 Å². The van der Waals surface area contributed by atoms with Crippen LogP contribution in [0.1, 0.15) is 11.6 Å². The molecule has 1 saturated heterocycles. The molecule has 0 radical (unpaired) electrons. The van der Waals surface area contributed by atoms with Crippen molar-refractivity contribution in [2.45, 2.75) is 5.92 Å². The largest absolute Gasteiger partial charge is 0.383 e. The van der Waals surface area contributed by atoms with Gasteiger partial charge in [-0.25, -0.2) is 14.4 Å². The van der Waals surface area contributed by atoms with Crippen LogP contribution in [-0.4, -0.2) is 62.3 Å². The van der Waals surface area contributed by atoms with Gasteiger partial charge in [-0.15, -0.1) is 0 Å². The summed E-state index contributed by atoms with van der Waals surface area (Å²) in [6.45, 7) is 3.29. The third-order valence-electron chi connectivity index (χ3n) is 5.62. The first-order valence-electron chi connectivity index (χ1n) is 10.8. The first-order chi connectivity index (χ1) is 16.1. The Balaban J connectivity index is 1.61. The molecule has 9 heteroatoms. The zero-order valence-electron chi connectivity index (χ0n) is 18.4. The maximum Gasteiger partial charge on any atom is 0.243 e. The van der Waals surface area contributed by atoms with Crippen molar-refractivity contribution in [1.82, 2.24) is 15.3 Å². The van der Waals surface area contributed by atoms with Crippen molar-refractivity contribution >= 4 is 28.4 Å². The van der Waals surface area contributed by atoms with E-state index < -0.39 is 11.8 Å². The van der Waals surface area contributed by atoms with E-state index in [9.17, 15) is 14.4 Å². The van der Waals surface area contributed by atoms with E-state index in [1.807, 2.05) is 24.3 Å². The van der Waals surface area contributed by atoms with Gasteiger partial charge >= 0.3 is 0 Å². The zero-order valence-corrected chi connectivity index (χ0v) is 18.4. The summed E-state index contributed by atoms with van der Waals surface area (Å²) in [4.78, 5) is 26.5. The minimum absolute atomic E-state index is 0.264. The number of nitrogens with one attached hydrogen (secondary N) is 1. The predicted octanol–water partition coefficient (Wildman–Crippen LogP) is 2.47. The summed E-state index contributed by atoms with van der Waals surface area (Å²) in [7, 11) is 1.55. The molecule has 2 aromatic carbocycles. The summed E-state index contributed by atoms with van der Waals surface area (Å²) in [5, 5.41) is 12.6. The number of piperazine rings is 1. The number of amides is 1. The van der Waals surface area contributed by atoms with E-state index in [0.29, 0.717) is 61.9 Å². The number of rotatable bonds is 7. The van der Waals surface area contributed by atoms with Gasteiger partial charge in [-0.1, -0.05) is 12.1 Å². The van der Waals surface area contributed by atoms with Crippen molar-refractivity contribution in [3.63, 3.8) is 0 Å². The number of benzene rings is 2. The molecule has 0 bridgehead atoms. The molecule has 170 valence electrons. The summed E-state index contributed by atoms with van der Waals surface area (Å²) >= 11 is 0. The van der Waals surface area contributed by atoms with Crippen LogP contribution in [0.3, 0.4) is 0 Å². The molecule has 0 saturated carbocycles. The molecular formula is C24H25FN6O2. The number of fused-ring (bicyclic) bond motifs is 1. The summed E-state index contributed by atoms with van der Waals surface area (Å²) < 4.78 is 18.3. The number of carbonyl (C=O) groups excluding carboxylic acids is 1. The number of aromatic nitrogens is 2. The number of anilines is 2. The molecule has 1 atom stereocenters. The second kappa shape index (κ2) is 10.2. The van der Waals surface area contributed by atoms with Crippen molar-refractivity contribution in [2.75, 3.05) is 56.2 Å². The summed E-state index contributed by atoms with van der Waals surface area (Å²) in [6.07, 6.45) is 0. The van der Waals surface area contributed by atoms with Crippen LogP contribution in [0.25, 0.3) is 11.0 Å². The van der Waals surface area contributed by atoms with Gasteiger partial charge in [0.05, 0.1) is 23.7 Å². The summed E-state index contributed by atoms with van der Waals surface area (Å²) in [5.41, 5.74) is 2.63. The lowest BCUT2D eigenvalue weighted by molar-refractivity contribution is -0.121. The van der Waals surface area contributed by atoms with Crippen LogP contribution in [-0.2, 0) is 9.53 Å². The van der Waals surface area contributed by atoms with Crippen molar-refractivity contribution in [3.05, 3.63) is 60.0 Å². The van der Waals surface area contributed by atoms with Crippen LogP contribution in [0.5, 0.6) is 0 Å². The minimum Gasteiger partial charge on any atom is -0.383 e. The van der Waals surface area contributed by atoms with E-state index in [-0.39, 0.29) is 5.82 Å². The highest BCUT2D eigenvalue weighted by atomic mass is 19.1. The Kier molecular flexibility index (Phi) is 6.95. The summed E-state index contributed by atoms with van der Waals surface area (Å²) in [6, 6.07) is 16.0. The molecule has 1 aliphatic heterocycles. The number of carbonyl (C=O) groups is 1. The van der Waals surface area contributed by atoms with E-state index in [0.717, 1.165) is 5.69 Å². The first-order valence-corrected chi connectivity index (χ1v) is 10.8. The molecule has 0 spiro atoms. The standard InChI is InChI=1S/C24H25FN6O2/c1-33-15-10-27-24(32)19(16-26)22-23(29-21-5-3-2-4-20(21)28-22)31-13-11-30(12-14-31)18-8-6-17(25)7-9-18/h2-9,19H,10-15H2,1H3,(H,27,32)/t19-/m0/s1. The van der Waals surface area contributed by atoms with Crippen molar-refractivity contribution < 1.29 is 13.9 Å². The first kappa shape index (κ1) is 22.4. The zero-order chi connectivity index (χ0) is 23.2. The highest BCUT2D eigenvalue weighted by molar-refractivity contribution is 5.88. The maximum absolute atomic E-state index is 13.3. The van der Waals surface area contributed by atoms with E-state index in [2.05, 4.69) is 26.2 Å². The van der Waals surface area contributed by atoms with Crippen LogP contribution in [0.15, 0.2) is 48.5 Å². The lowest BCUT2D eigenvalue weighted by atomic mass is 10.0. The Labute approximate surface area is 191 Å². The molecular weight excluding hydrogens is 423 g/mol. The smallest absolute Gasteiger partial charge is 0.243 e. The number of ether oxygens (including phenoxy) is 1. The van der Waals surface area contributed by atoms with E-state index in [1.54, 1.807) is 19.2 Å². The Morgan fingerprint density at radius 3 is 2.36 bits per heavy atom. The van der Waals surface area contributed by atoms with Gasteiger partial charge in [-0.2, -0.15) is 5.26 Å². The SMILES string of the molecule is COCCNC(=O)[C@@H](C#N)c1nc2ccccc2nc1N1CCN(c2ccc(F)cc2)CC1. The van der Waals surface area contributed by atoms with Gasteiger partial charge in [0.15, 0.2) is 11.7 Å². The topological polar surface area (TPSA) is 94.4 Å². The van der Waals surface area contributed by atoms with Crippen LogP contribution in [0.4, 0.5) is 15.9 Å². The third-order valence-corrected chi connectivity index (χ3v) is 5.62. The Morgan fingerprint density at radius 2 is 1.73 bits per heavy atom. The molecule has 2 heterocycles. The third kappa shape index (κ3) is 5.02. The molecule has 1 aromatic heterocycles. The maximum atomic E-state index is 13.3. The van der Waals surface area contributed by atoms with E-state index in [4.69, 9.17) is 9.72 Å². The van der Waals surface area contributed by atoms with Crippen LogP contribution < -0.4 is 15.1 Å². The molecule has 1 amide bonds. The second-order valence-electron chi connectivity index (χ2n) is 7.72. The van der Waals surface area contributed by atoms with Gasteiger partial charge < -0.3 is 19.9 Å². The van der Waals surface area contributed by atoms with Crippen molar-refractivity contribution in [2.24, 2.45) is 0 Å². The molecule has 1 aliphatic rings. The van der Waals surface area contributed by atoms with Gasteiger partial charge in [0.25, 0.3) is 0 Å². The van der Waals surface area contributed by atoms with Gasteiger partial charge in [0, 0.05) is 45.5 Å². The Bertz CT molecular complexity index is 1160. The van der Waals surface area contributed by atoms with Crippen molar-refractivity contribution in [1.29, 1.82) is 5.26 Å². The fourth-order valence-electron chi connectivity index (χ4n) is 3.88.